The van der Waals surface area contributed by atoms with E-state index in [4.69, 9.17) is 33.1 Å². The van der Waals surface area contributed by atoms with Crippen LogP contribution in [0.25, 0.3) is 22.0 Å². The maximum atomic E-state index is 13.6. The Labute approximate surface area is 249 Å². The van der Waals surface area contributed by atoms with Crippen LogP contribution in [0, 0.1) is 0 Å². The van der Waals surface area contributed by atoms with E-state index in [1.165, 1.54) is 28.7 Å². The fraction of sp³-hybridized carbons (Fsp3) is 0.296. The number of pyridine rings is 1. The number of nitrogens with one attached hydrogen (secondary N) is 1. The second-order valence-corrected chi connectivity index (χ2v) is 13.9. The van der Waals surface area contributed by atoms with Crippen molar-refractivity contribution in [3.63, 3.8) is 0 Å². The number of aromatic amines is 1. The maximum Gasteiger partial charge on any atom is 0.243 e. The molecule has 41 heavy (non-hydrogen) atoms. The van der Waals surface area contributed by atoms with Gasteiger partial charge in [-0.2, -0.15) is 4.31 Å². The van der Waals surface area contributed by atoms with Gasteiger partial charge in [-0.3, -0.25) is 9.88 Å². The molecular formula is C27H29Cl2N5O5S2. The summed E-state index contributed by atoms with van der Waals surface area (Å²) in [7, 11) is -8.11. The molecule has 1 fully saturated rings. The Morgan fingerprint density at radius 3 is 2.41 bits per heavy atom. The summed E-state index contributed by atoms with van der Waals surface area (Å²) in [5, 5.41) is 6.73. The van der Waals surface area contributed by atoms with Gasteiger partial charge in [-0.05, 0) is 36.4 Å². The third-order valence-electron chi connectivity index (χ3n) is 7.03. The van der Waals surface area contributed by atoms with E-state index in [9.17, 15) is 16.8 Å². The molecule has 0 spiro atoms. The highest BCUT2D eigenvalue weighted by atomic mass is 35.5. The first kappa shape index (κ1) is 29.9. The molecule has 1 saturated heterocycles. The fourth-order valence-corrected chi connectivity index (χ4v) is 7.62. The zero-order valence-corrected chi connectivity index (χ0v) is 25.1. The number of aromatic nitrogens is 2. The zero-order valence-electron chi connectivity index (χ0n) is 22.0. The van der Waals surface area contributed by atoms with E-state index >= 15 is 0 Å². The van der Waals surface area contributed by atoms with Crippen LogP contribution < -0.4 is 5.14 Å². The van der Waals surface area contributed by atoms with Gasteiger partial charge in [0.05, 0.1) is 38.6 Å². The summed E-state index contributed by atoms with van der Waals surface area (Å²) < 4.78 is 59.4. The van der Waals surface area contributed by atoms with E-state index in [0.29, 0.717) is 72.4 Å². The second kappa shape index (κ2) is 12.4. The second-order valence-electron chi connectivity index (χ2n) is 9.61. The largest absolute Gasteiger partial charge is 0.380 e. The predicted molar refractivity (Wildman–Crippen MR) is 159 cm³/mol. The number of sulfonamides is 2. The van der Waals surface area contributed by atoms with Gasteiger partial charge in [0.25, 0.3) is 0 Å². The Balaban J connectivity index is 1.30. The van der Waals surface area contributed by atoms with Crippen molar-refractivity contribution < 1.29 is 21.6 Å². The van der Waals surface area contributed by atoms with Crippen molar-refractivity contribution in [3.8, 4) is 11.1 Å². The van der Waals surface area contributed by atoms with Crippen molar-refractivity contribution >= 4 is 54.2 Å². The Morgan fingerprint density at radius 2 is 1.71 bits per heavy atom. The van der Waals surface area contributed by atoms with Crippen LogP contribution in [0.3, 0.4) is 0 Å². The number of piperazine rings is 1. The zero-order chi connectivity index (χ0) is 29.2. The van der Waals surface area contributed by atoms with Crippen molar-refractivity contribution in [1.82, 2.24) is 19.2 Å². The summed E-state index contributed by atoms with van der Waals surface area (Å²) in [5.41, 5.74) is 1.99. The Morgan fingerprint density at radius 1 is 0.927 bits per heavy atom. The number of fused-ring (bicyclic) bond motifs is 1. The first-order chi connectivity index (χ1) is 19.6. The third-order valence-corrected chi connectivity index (χ3v) is 10.5. The minimum Gasteiger partial charge on any atom is -0.380 e. The molecule has 2 aromatic carbocycles. The molecule has 2 aromatic heterocycles. The van der Waals surface area contributed by atoms with Crippen LogP contribution in [0.4, 0.5) is 0 Å². The summed E-state index contributed by atoms with van der Waals surface area (Å²) in [6, 6.07) is 12.8. The van der Waals surface area contributed by atoms with Gasteiger partial charge in [0.1, 0.15) is 0 Å². The van der Waals surface area contributed by atoms with Gasteiger partial charge in [0.2, 0.25) is 20.0 Å². The lowest BCUT2D eigenvalue weighted by atomic mass is 10.0. The van der Waals surface area contributed by atoms with E-state index in [1.54, 1.807) is 18.3 Å². The van der Waals surface area contributed by atoms with Gasteiger partial charge >= 0.3 is 0 Å². The van der Waals surface area contributed by atoms with Crippen molar-refractivity contribution in [2.75, 3.05) is 45.9 Å². The number of nitrogens with zero attached hydrogens (tertiary/aromatic N) is 3. The monoisotopic (exact) mass is 637 g/mol. The average molecular weight is 639 g/mol. The number of H-pyrrole nitrogens is 1. The van der Waals surface area contributed by atoms with Crippen LogP contribution in [0.5, 0.6) is 0 Å². The Hall–Kier alpha value is -2.55. The molecule has 14 heteroatoms. The van der Waals surface area contributed by atoms with Gasteiger partial charge in [-0.15, -0.1) is 0 Å². The summed E-state index contributed by atoms with van der Waals surface area (Å²) in [6.45, 7) is 3.47. The quantitative estimate of drug-likeness (QED) is 0.252. The molecule has 10 nitrogen and oxygen atoms in total. The molecule has 0 aliphatic carbocycles. The van der Waals surface area contributed by atoms with Crippen LogP contribution in [-0.4, -0.2) is 81.9 Å². The minimum absolute atomic E-state index is 0.0352. The van der Waals surface area contributed by atoms with Crippen LogP contribution in [0.15, 0.2) is 70.7 Å². The molecule has 0 saturated carbocycles. The molecule has 0 unspecified atom stereocenters. The normalized spacial score (nSPS) is 15.5. The standard InChI is InChI=1S/C27H29Cl2N5O5S2/c28-23-6-5-21(27-26(23)24(29)18-32-27)22-17-20(4-7-25(22)40(30,35)36)41(37,38)34-12-10-33(11-13-34)14-16-39-15-8-19-3-1-2-9-31-19/h1-7,9,17-18,32H,8,10-16H2,(H2,30,35,36). The van der Waals surface area contributed by atoms with Crippen molar-refractivity contribution in [1.29, 1.82) is 0 Å². The number of hydrogen-bond acceptors (Lipinski definition) is 7. The molecule has 1 aliphatic heterocycles. The average Bonchev–Trinajstić information content (AvgIpc) is 3.35. The van der Waals surface area contributed by atoms with E-state index in [2.05, 4.69) is 14.9 Å². The smallest absolute Gasteiger partial charge is 0.243 e. The minimum atomic E-state index is -4.19. The highest BCUT2D eigenvalue weighted by Gasteiger charge is 2.30. The lowest BCUT2D eigenvalue weighted by molar-refractivity contribution is 0.0917. The molecule has 0 amide bonds. The molecule has 0 atom stereocenters. The number of hydrogen-bond donors (Lipinski definition) is 2. The molecule has 0 bridgehead atoms. The summed E-state index contributed by atoms with van der Waals surface area (Å²) in [5.74, 6) is 0. The molecule has 218 valence electrons. The molecule has 0 radical (unpaired) electrons. The number of nitrogens with two attached hydrogens (primary N) is 1. The molecule has 3 N–H and O–H groups in total. The van der Waals surface area contributed by atoms with Crippen LogP contribution in [0.2, 0.25) is 10.0 Å². The third kappa shape index (κ3) is 6.60. The van der Waals surface area contributed by atoms with Gasteiger partial charge in [0.15, 0.2) is 0 Å². The Bertz CT molecular complexity index is 1760. The summed E-state index contributed by atoms with van der Waals surface area (Å²) >= 11 is 12.6. The number of primary sulfonamides is 1. The number of halogens is 2. The Kier molecular flexibility index (Phi) is 9.02. The molecule has 3 heterocycles. The molecular weight excluding hydrogens is 609 g/mol. The van der Waals surface area contributed by atoms with Crippen LogP contribution in [0.1, 0.15) is 5.69 Å². The highest BCUT2D eigenvalue weighted by Crippen LogP contribution is 2.39. The van der Waals surface area contributed by atoms with E-state index in [0.717, 1.165) is 12.1 Å². The van der Waals surface area contributed by atoms with Gasteiger partial charge < -0.3 is 9.72 Å². The molecule has 5 rings (SSSR count). The predicted octanol–water partition coefficient (Wildman–Crippen LogP) is 3.75. The highest BCUT2D eigenvalue weighted by molar-refractivity contribution is 7.89. The van der Waals surface area contributed by atoms with Crippen molar-refractivity contribution in [2.45, 2.75) is 16.2 Å². The number of benzene rings is 2. The van der Waals surface area contributed by atoms with Gasteiger partial charge in [-0.1, -0.05) is 35.3 Å². The van der Waals surface area contributed by atoms with Crippen LogP contribution >= 0.6 is 23.2 Å². The van der Waals surface area contributed by atoms with Crippen molar-refractivity contribution in [3.05, 3.63) is 76.7 Å². The van der Waals surface area contributed by atoms with E-state index < -0.39 is 20.0 Å². The van der Waals surface area contributed by atoms with Crippen LogP contribution in [-0.2, 0) is 31.2 Å². The van der Waals surface area contributed by atoms with E-state index in [1.807, 2.05) is 18.2 Å². The molecule has 4 aromatic rings. The lowest BCUT2D eigenvalue weighted by Gasteiger charge is -2.34. The first-order valence-corrected chi connectivity index (χ1v) is 16.6. The maximum absolute atomic E-state index is 13.6. The summed E-state index contributed by atoms with van der Waals surface area (Å²) in [6.07, 6.45) is 4.02. The number of ether oxygens (including phenoxy) is 1. The van der Waals surface area contributed by atoms with E-state index in [-0.39, 0.29) is 15.4 Å². The SMILES string of the molecule is NS(=O)(=O)c1ccc(S(=O)(=O)N2CCN(CCOCCc3ccccn3)CC2)cc1-c1ccc(Cl)c2c(Cl)c[nH]c12. The lowest BCUT2D eigenvalue weighted by Crippen LogP contribution is -2.49. The topological polar surface area (TPSA) is 139 Å². The number of rotatable bonds is 10. The fourth-order valence-electron chi connectivity index (χ4n) is 4.88. The van der Waals surface area contributed by atoms with Gasteiger partial charge in [-0.25, -0.2) is 22.0 Å². The molecule has 1 aliphatic rings. The van der Waals surface area contributed by atoms with Gasteiger partial charge in [0, 0.05) is 73.7 Å². The van der Waals surface area contributed by atoms with Crippen molar-refractivity contribution in [2.24, 2.45) is 5.14 Å². The first-order valence-electron chi connectivity index (χ1n) is 12.9. The summed E-state index contributed by atoms with van der Waals surface area (Å²) in [4.78, 5) is 9.19.